The maximum Gasteiger partial charge on any atom is 0.323 e. The molecule has 6 heteroatoms. The van der Waals surface area contributed by atoms with Gasteiger partial charge in [-0.2, -0.15) is 0 Å². The molecule has 0 bridgehead atoms. The van der Waals surface area contributed by atoms with Crippen molar-refractivity contribution < 1.29 is 9.53 Å². The van der Waals surface area contributed by atoms with Crippen LogP contribution in [-0.2, 0) is 9.53 Å². The highest BCUT2D eigenvalue weighted by molar-refractivity contribution is 5.76. The van der Waals surface area contributed by atoms with Crippen LogP contribution in [0.5, 0.6) is 0 Å². The maximum atomic E-state index is 12.1. The van der Waals surface area contributed by atoms with Crippen LogP contribution in [0.1, 0.15) is 47.5 Å². The van der Waals surface area contributed by atoms with E-state index in [0.717, 1.165) is 6.42 Å². The summed E-state index contributed by atoms with van der Waals surface area (Å²) in [4.78, 5) is 16.0. The molecule has 6 nitrogen and oxygen atoms in total. The van der Waals surface area contributed by atoms with Crippen LogP contribution in [0.3, 0.4) is 0 Å². The van der Waals surface area contributed by atoms with Gasteiger partial charge in [0.15, 0.2) is 5.96 Å². The number of ether oxygens (including phenoxy) is 1. The topological polar surface area (TPSA) is 103 Å². The molecule has 0 aliphatic carbocycles. The Morgan fingerprint density at radius 3 is 2.32 bits per heavy atom. The SMILES string of the molecule is CC(C)N[C@@H](CCCN=C(N)N)C(=O)OC(C)(C)C. The first-order valence-electron chi connectivity index (χ1n) is 6.66. The van der Waals surface area contributed by atoms with Gasteiger partial charge in [-0.05, 0) is 33.6 Å². The number of esters is 1. The number of nitrogens with zero attached hydrogens (tertiary/aromatic N) is 1. The summed E-state index contributed by atoms with van der Waals surface area (Å²) in [7, 11) is 0. The van der Waals surface area contributed by atoms with Gasteiger partial charge in [0.1, 0.15) is 11.6 Å². The molecule has 1 atom stereocenters. The minimum atomic E-state index is -0.478. The second-order valence-corrected chi connectivity index (χ2v) is 5.86. The molecule has 0 unspecified atom stereocenters. The lowest BCUT2D eigenvalue weighted by atomic mass is 10.1. The number of rotatable bonds is 7. The van der Waals surface area contributed by atoms with Crippen molar-refractivity contribution in [3.8, 4) is 0 Å². The number of nitrogens with one attached hydrogen (secondary N) is 1. The molecule has 0 aromatic heterocycles. The zero-order valence-electron chi connectivity index (χ0n) is 12.7. The zero-order valence-corrected chi connectivity index (χ0v) is 12.7. The summed E-state index contributed by atoms with van der Waals surface area (Å²) in [6, 6.07) is -0.117. The number of nitrogens with two attached hydrogens (primary N) is 2. The quantitative estimate of drug-likeness (QED) is 0.275. The fraction of sp³-hybridized carbons (Fsp3) is 0.846. The fourth-order valence-electron chi connectivity index (χ4n) is 1.55. The monoisotopic (exact) mass is 272 g/mol. The van der Waals surface area contributed by atoms with E-state index in [1.807, 2.05) is 34.6 Å². The molecule has 0 fully saturated rings. The molecular weight excluding hydrogens is 244 g/mol. The average molecular weight is 272 g/mol. The van der Waals surface area contributed by atoms with Crippen LogP contribution in [0.25, 0.3) is 0 Å². The predicted octanol–water partition coefficient (Wildman–Crippen LogP) is 0.748. The molecular formula is C13H28N4O2. The highest BCUT2D eigenvalue weighted by atomic mass is 16.6. The third-order valence-corrected chi connectivity index (χ3v) is 2.17. The molecule has 5 N–H and O–H groups in total. The Morgan fingerprint density at radius 2 is 1.89 bits per heavy atom. The van der Waals surface area contributed by atoms with Gasteiger partial charge in [-0.25, -0.2) is 0 Å². The molecule has 19 heavy (non-hydrogen) atoms. The van der Waals surface area contributed by atoms with E-state index in [0.29, 0.717) is 13.0 Å². The van der Waals surface area contributed by atoms with Gasteiger partial charge in [-0.15, -0.1) is 0 Å². The minimum absolute atomic E-state index is 0.0747. The fourth-order valence-corrected chi connectivity index (χ4v) is 1.55. The number of hydrogen-bond acceptors (Lipinski definition) is 4. The van der Waals surface area contributed by atoms with Gasteiger partial charge < -0.3 is 21.5 Å². The van der Waals surface area contributed by atoms with E-state index in [4.69, 9.17) is 16.2 Å². The zero-order chi connectivity index (χ0) is 15.1. The van der Waals surface area contributed by atoms with Crippen LogP contribution < -0.4 is 16.8 Å². The van der Waals surface area contributed by atoms with Crippen molar-refractivity contribution in [1.29, 1.82) is 0 Å². The highest BCUT2D eigenvalue weighted by Crippen LogP contribution is 2.11. The Labute approximate surface area is 116 Å². The third kappa shape index (κ3) is 10.3. The lowest BCUT2D eigenvalue weighted by Gasteiger charge is -2.25. The van der Waals surface area contributed by atoms with Crippen molar-refractivity contribution in [2.45, 2.75) is 65.1 Å². The second-order valence-electron chi connectivity index (χ2n) is 5.86. The summed E-state index contributed by atoms with van der Waals surface area (Å²) in [5, 5.41) is 3.20. The Morgan fingerprint density at radius 1 is 1.32 bits per heavy atom. The average Bonchev–Trinajstić information content (AvgIpc) is 2.19. The largest absolute Gasteiger partial charge is 0.459 e. The second kappa shape index (κ2) is 7.99. The van der Waals surface area contributed by atoms with Gasteiger partial charge in [0.25, 0.3) is 0 Å². The van der Waals surface area contributed by atoms with E-state index >= 15 is 0 Å². The van der Waals surface area contributed by atoms with Gasteiger partial charge in [-0.3, -0.25) is 9.79 Å². The summed E-state index contributed by atoms with van der Waals surface area (Å²) in [5.74, 6) is -0.156. The molecule has 0 aliphatic rings. The Kier molecular flexibility index (Phi) is 7.44. The summed E-state index contributed by atoms with van der Waals surface area (Å²) in [6.45, 7) is 10.1. The van der Waals surface area contributed by atoms with Crippen molar-refractivity contribution in [2.75, 3.05) is 6.54 Å². The van der Waals surface area contributed by atoms with Crippen molar-refractivity contribution >= 4 is 11.9 Å². The lowest BCUT2D eigenvalue weighted by molar-refractivity contribution is -0.157. The third-order valence-electron chi connectivity index (χ3n) is 2.17. The van der Waals surface area contributed by atoms with Crippen molar-refractivity contribution in [1.82, 2.24) is 5.32 Å². The Hall–Kier alpha value is -1.30. The van der Waals surface area contributed by atoms with Crippen LogP contribution in [0.4, 0.5) is 0 Å². The Balaban J connectivity index is 4.38. The summed E-state index contributed by atoms with van der Waals surface area (Å²) in [6.07, 6.45) is 1.37. The van der Waals surface area contributed by atoms with E-state index in [-0.39, 0.29) is 24.0 Å². The highest BCUT2D eigenvalue weighted by Gasteiger charge is 2.25. The van der Waals surface area contributed by atoms with E-state index in [1.54, 1.807) is 0 Å². The van der Waals surface area contributed by atoms with E-state index in [9.17, 15) is 4.79 Å². The first kappa shape index (κ1) is 17.7. The molecule has 0 aliphatic heterocycles. The van der Waals surface area contributed by atoms with Crippen LogP contribution in [0, 0.1) is 0 Å². The van der Waals surface area contributed by atoms with Gasteiger partial charge in [-0.1, -0.05) is 13.8 Å². The summed E-state index contributed by atoms with van der Waals surface area (Å²) < 4.78 is 5.39. The molecule has 0 radical (unpaired) electrons. The molecule has 0 saturated carbocycles. The van der Waals surface area contributed by atoms with Gasteiger partial charge >= 0.3 is 5.97 Å². The van der Waals surface area contributed by atoms with Crippen molar-refractivity contribution in [2.24, 2.45) is 16.5 Å². The van der Waals surface area contributed by atoms with Crippen LogP contribution in [0.15, 0.2) is 4.99 Å². The molecule has 0 rings (SSSR count). The first-order valence-corrected chi connectivity index (χ1v) is 6.66. The van der Waals surface area contributed by atoms with E-state index in [1.165, 1.54) is 0 Å². The predicted molar refractivity (Wildman–Crippen MR) is 77.8 cm³/mol. The number of carbonyl (C=O) groups excluding carboxylic acids is 1. The molecule has 112 valence electrons. The first-order chi connectivity index (χ1) is 8.61. The van der Waals surface area contributed by atoms with Gasteiger partial charge in [0, 0.05) is 12.6 Å². The van der Waals surface area contributed by atoms with Crippen molar-refractivity contribution in [3.05, 3.63) is 0 Å². The standard InChI is InChI=1S/C13H28N4O2/c1-9(2)17-10(7-6-8-16-12(14)15)11(18)19-13(3,4)5/h9-10,17H,6-8H2,1-5H3,(H4,14,15,16)/t10-/m0/s1. The normalized spacial score (nSPS) is 13.2. The van der Waals surface area contributed by atoms with Crippen LogP contribution in [-0.4, -0.2) is 36.2 Å². The number of hydrogen-bond donors (Lipinski definition) is 3. The van der Waals surface area contributed by atoms with E-state index < -0.39 is 5.60 Å². The number of carbonyl (C=O) groups is 1. The van der Waals surface area contributed by atoms with Gasteiger partial charge in [0.05, 0.1) is 0 Å². The molecule has 0 aromatic carbocycles. The molecule has 0 aromatic rings. The van der Waals surface area contributed by atoms with Gasteiger partial charge in [0.2, 0.25) is 0 Å². The summed E-state index contributed by atoms with van der Waals surface area (Å²) >= 11 is 0. The number of guanidine groups is 1. The maximum absolute atomic E-state index is 12.1. The summed E-state index contributed by atoms with van der Waals surface area (Å²) in [5.41, 5.74) is 10.0. The smallest absolute Gasteiger partial charge is 0.323 e. The lowest BCUT2D eigenvalue weighted by Crippen LogP contribution is -2.44. The number of aliphatic imine (C=N–C) groups is 1. The Bertz CT molecular complexity index is 304. The molecule has 0 amide bonds. The molecule has 0 heterocycles. The molecule has 0 saturated heterocycles. The van der Waals surface area contributed by atoms with Crippen LogP contribution >= 0.6 is 0 Å². The molecule has 0 spiro atoms. The van der Waals surface area contributed by atoms with Crippen molar-refractivity contribution in [3.63, 3.8) is 0 Å². The minimum Gasteiger partial charge on any atom is -0.459 e. The van der Waals surface area contributed by atoms with Crippen LogP contribution in [0.2, 0.25) is 0 Å². The van der Waals surface area contributed by atoms with E-state index in [2.05, 4.69) is 10.3 Å².